The fourth-order valence-electron chi connectivity index (χ4n) is 2.51. The van der Waals surface area contributed by atoms with Gasteiger partial charge in [0.1, 0.15) is 12.4 Å². The number of nitrogens with zero attached hydrogens (tertiary/aromatic N) is 3. The molecule has 1 aliphatic rings. The Morgan fingerprint density at radius 3 is 2.95 bits per heavy atom. The summed E-state index contributed by atoms with van der Waals surface area (Å²) in [5, 5.41) is 6.75. The first-order chi connectivity index (χ1) is 10.4. The first kappa shape index (κ1) is 14.3. The molecule has 1 saturated heterocycles. The maximum Gasteiger partial charge on any atom is 0.185 e. The Morgan fingerprint density at radius 1 is 1.33 bits per heavy atom. The molecule has 0 atom stereocenters. The van der Waals surface area contributed by atoms with Crippen LogP contribution in [0.25, 0.3) is 0 Å². The average Bonchev–Trinajstić information content (AvgIpc) is 3.08. The molecule has 0 aliphatic carbocycles. The maximum absolute atomic E-state index is 5.63. The number of aromatic nitrogens is 2. The molecule has 2 aromatic rings. The van der Waals surface area contributed by atoms with Crippen molar-refractivity contribution in [3.8, 4) is 5.75 Å². The summed E-state index contributed by atoms with van der Waals surface area (Å²) in [6.45, 7) is 3.71. The van der Waals surface area contributed by atoms with Crippen LogP contribution in [0.2, 0.25) is 0 Å². The summed E-state index contributed by atoms with van der Waals surface area (Å²) < 4.78 is 5.63. The van der Waals surface area contributed by atoms with Gasteiger partial charge < -0.3 is 15.0 Å². The van der Waals surface area contributed by atoms with E-state index in [1.165, 1.54) is 0 Å². The summed E-state index contributed by atoms with van der Waals surface area (Å²) in [5.41, 5.74) is 0. The Balaban J connectivity index is 1.33. The second kappa shape index (κ2) is 7.38. The van der Waals surface area contributed by atoms with Crippen LogP contribution < -0.4 is 15.0 Å². The highest BCUT2D eigenvalue weighted by Crippen LogP contribution is 2.21. The van der Waals surface area contributed by atoms with Gasteiger partial charge >= 0.3 is 0 Å². The van der Waals surface area contributed by atoms with Gasteiger partial charge in [-0.3, -0.25) is 4.98 Å². The molecule has 0 unspecified atom stereocenters. The minimum absolute atomic E-state index is 0.582. The van der Waals surface area contributed by atoms with Crippen LogP contribution >= 0.6 is 11.3 Å². The summed E-state index contributed by atoms with van der Waals surface area (Å²) in [7, 11) is 0. The topological polar surface area (TPSA) is 50.3 Å². The normalized spacial score (nSPS) is 16.1. The second-order valence-corrected chi connectivity index (χ2v) is 5.94. The zero-order chi connectivity index (χ0) is 14.3. The van der Waals surface area contributed by atoms with Crippen LogP contribution in [0.3, 0.4) is 0 Å². The number of hydrogen-bond acceptors (Lipinski definition) is 6. The number of thiazole rings is 1. The van der Waals surface area contributed by atoms with Gasteiger partial charge in [-0.1, -0.05) is 0 Å². The minimum Gasteiger partial charge on any atom is -0.491 e. The third-order valence-electron chi connectivity index (χ3n) is 3.62. The van der Waals surface area contributed by atoms with E-state index in [9.17, 15) is 0 Å². The van der Waals surface area contributed by atoms with E-state index in [1.807, 2.05) is 23.7 Å². The van der Waals surface area contributed by atoms with Crippen LogP contribution in [0.15, 0.2) is 36.1 Å². The average molecular weight is 304 g/mol. The highest BCUT2D eigenvalue weighted by Gasteiger charge is 2.19. The molecule has 1 fully saturated rings. The number of hydrogen-bond donors (Lipinski definition) is 1. The van der Waals surface area contributed by atoms with E-state index < -0.39 is 0 Å². The van der Waals surface area contributed by atoms with Crippen molar-refractivity contribution in [2.45, 2.75) is 18.9 Å². The van der Waals surface area contributed by atoms with Crippen LogP contribution in [0, 0.1) is 0 Å². The molecular formula is C15H20N4OS. The fourth-order valence-corrected chi connectivity index (χ4v) is 3.21. The second-order valence-electron chi connectivity index (χ2n) is 5.07. The van der Waals surface area contributed by atoms with Crippen molar-refractivity contribution in [2.75, 3.05) is 31.1 Å². The van der Waals surface area contributed by atoms with Crippen LogP contribution in [0.5, 0.6) is 5.75 Å². The summed E-state index contributed by atoms with van der Waals surface area (Å²) >= 11 is 1.72. The third-order valence-corrected chi connectivity index (χ3v) is 4.46. The molecular weight excluding hydrogens is 284 g/mol. The zero-order valence-corrected chi connectivity index (χ0v) is 12.8. The lowest BCUT2D eigenvalue weighted by Gasteiger charge is -2.32. The lowest BCUT2D eigenvalue weighted by molar-refractivity contribution is 0.295. The van der Waals surface area contributed by atoms with Gasteiger partial charge in [-0.25, -0.2) is 4.98 Å². The Morgan fingerprint density at radius 2 is 2.24 bits per heavy atom. The molecule has 1 N–H and O–H groups in total. The Hall–Kier alpha value is -1.66. The van der Waals surface area contributed by atoms with Gasteiger partial charge in [0, 0.05) is 43.4 Å². The molecule has 0 radical (unpaired) electrons. The van der Waals surface area contributed by atoms with E-state index in [-0.39, 0.29) is 0 Å². The van der Waals surface area contributed by atoms with E-state index >= 15 is 0 Å². The Labute approximate surface area is 129 Å². The van der Waals surface area contributed by atoms with Gasteiger partial charge in [0.25, 0.3) is 0 Å². The molecule has 5 nitrogen and oxygen atoms in total. The van der Waals surface area contributed by atoms with Crippen LogP contribution in [0.4, 0.5) is 5.13 Å². The standard InChI is InChI=1S/C15H20N4OS/c1-2-14(12-16-5-1)20-10-6-17-13-3-8-19(9-4-13)15-18-7-11-21-15/h1-2,5,7,11-13,17H,3-4,6,8-10H2. The van der Waals surface area contributed by atoms with E-state index in [1.54, 1.807) is 23.7 Å². The molecule has 0 bridgehead atoms. The van der Waals surface area contributed by atoms with E-state index in [2.05, 4.69) is 20.2 Å². The summed E-state index contributed by atoms with van der Waals surface area (Å²) in [5.74, 6) is 0.831. The van der Waals surface area contributed by atoms with E-state index in [4.69, 9.17) is 4.74 Å². The van der Waals surface area contributed by atoms with Crippen molar-refractivity contribution in [3.05, 3.63) is 36.1 Å². The highest BCUT2D eigenvalue weighted by atomic mass is 32.1. The van der Waals surface area contributed by atoms with Crippen LogP contribution in [-0.2, 0) is 0 Å². The first-order valence-electron chi connectivity index (χ1n) is 7.32. The molecule has 112 valence electrons. The smallest absolute Gasteiger partial charge is 0.185 e. The molecule has 0 spiro atoms. The number of rotatable bonds is 6. The molecule has 21 heavy (non-hydrogen) atoms. The Bertz CT molecular complexity index is 512. The van der Waals surface area contributed by atoms with Gasteiger partial charge in [0.15, 0.2) is 5.13 Å². The van der Waals surface area contributed by atoms with E-state index in [0.29, 0.717) is 12.6 Å². The highest BCUT2D eigenvalue weighted by molar-refractivity contribution is 7.13. The minimum atomic E-state index is 0.582. The van der Waals surface area contributed by atoms with Crippen LogP contribution in [0.1, 0.15) is 12.8 Å². The first-order valence-corrected chi connectivity index (χ1v) is 8.20. The van der Waals surface area contributed by atoms with Gasteiger partial charge in [0.2, 0.25) is 0 Å². The number of ether oxygens (including phenoxy) is 1. The molecule has 0 aromatic carbocycles. The van der Waals surface area contributed by atoms with Gasteiger partial charge in [0.05, 0.1) is 6.20 Å². The monoisotopic (exact) mass is 304 g/mol. The van der Waals surface area contributed by atoms with Crippen molar-refractivity contribution in [1.29, 1.82) is 0 Å². The number of piperidine rings is 1. The number of pyridine rings is 1. The molecule has 0 saturated carbocycles. The summed E-state index contributed by atoms with van der Waals surface area (Å²) in [6, 6.07) is 4.40. The van der Waals surface area contributed by atoms with Crippen molar-refractivity contribution in [1.82, 2.24) is 15.3 Å². The molecule has 3 rings (SSSR count). The maximum atomic E-state index is 5.63. The third kappa shape index (κ3) is 4.15. The quantitative estimate of drug-likeness (QED) is 0.829. The van der Waals surface area contributed by atoms with Gasteiger partial charge in [-0.05, 0) is 25.0 Å². The molecule has 6 heteroatoms. The zero-order valence-electron chi connectivity index (χ0n) is 11.9. The van der Waals surface area contributed by atoms with Crippen molar-refractivity contribution >= 4 is 16.5 Å². The predicted octanol–water partition coefficient (Wildman–Crippen LogP) is 2.18. The fraction of sp³-hybridized carbons (Fsp3) is 0.467. The largest absolute Gasteiger partial charge is 0.491 e. The summed E-state index contributed by atoms with van der Waals surface area (Å²) in [6.07, 6.45) is 7.69. The molecule has 2 aromatic heterocycles. The summed E-state index contributed by atoms with van der Waals surface area (Å²) in [4.78, 5) is 10.8. The molecule has 3 heterocycles. The molecule has 1 aliphatic heterocycles. The van der Waals surface area contributed by atoms with Crippen LogP contribution in [-0.4, -0.2) is 42.3 Å². The SMILES string of the molecule is c1cncc(OCCNC2CCN(c3nccs3)CC2)c1. The van der Waals surface area contributed by atoms with Crippen molar-refractivity contribution in [2.24, 2.45) is 0 Å². The number of nitrogens with one attached hydrogen (secondary N) is 1. The predicted molar refractivity (Wildman–Crippen MR) is 85.1 cm³/mol. The molecule has 0 amide bonds. The van der Waals surface area contributed by atoms with Gasteiger partial charge in [-0.2, -0.15) is 0 Å². The lowest BCUT2D eigenvalue weighted by Crippen LogP contribution is -2.43. The lowest BCUT2D eigenvalue weighted by atomic mass is 10.1. The van der Waals surface area contributed by atoms with Crippen molar-refractivity contribution < 1.29 is 4.74 Å². The van der Waals surface area contributed by atoms with Gasteiger partial charge in [-0.15, -0.1) is 11.3 Å². The number of anilines is 1. The Kier molecular flexibility index (Phi) is 5.02. The van der Waals surface area contributed by atoms with Crippen molar-refractivity contribution in [3.63, 3.8) is 0 Å². The van der Waals surface area contributed by atoms with E-state index in [0.717, 1.165) is 43.4 Å².